The van der Waals surface area contributed by atoms with Gasteiger partial charge in [0.1, 0.15) is 0 Å². The summed E-state index contributed by atoms with van der Waals surface area (Å²) in [6.07, 6.45) is 0. The lowest BCUT2D eigenvalue weighted by Gasteiger charge is -2.17. The van der Waals surface area contributed by atoms with Crippen LogP contribution in [0.15, 0.2) is 24.3 Å². The molecule has 0 amide bonds. The molecule has 1 heterocycles. The van der Waals surface area contributed by atoms with Crippen LogP contribution in [0.1, 0.15) is 5.56 Å². The molecule has 0 bridgehead atoms. The van der Waals surface area contributed by atoms with E-state index in [2.05, 4.69) is 0 Å². The smallest absolute Gasteiger partial charge is 0.195 e. The predicted octanol–water partition coefficient (Wildman–Crippen LogP) is 1.33. The normalized spacial score (nSPS) is 16.7. The van der Waals surface area contributed by atoms with Crippen molar-refractivity contribution in [2.75, 3.05) is 20.1 Å². The average Bonchev–Trinajstić information content (AvgIpc) is 3.05. The molecule has 0 spiro atoms. The Morgan fingerprint density at radius 3 is 2.38 bits per heavy atom. The molecule has 0 saturated carbocycles. The fourth-order valence-electron chi connectivity index (χ4n) is 1.40. The first kappa shape index (κ1) is 11.9. The first-order valence-electron chi connectivity index (χ1n) is 4.96. The molecule has 2 rings (SSSR count). The fourth-order valence-corrected chi connectivity index (χ4v) is 2.77. The van der Waals surface area contributed by atoms with Crippen molar-refractivity contribution in [1.82, 2.24) is 8.61 Å². The van der Waals surface area contributed by atoms with Crippen molar-refractivity contribution in [1.29, 1.82) is 0 Å². The van der Waals surface area contributed by atoms with Crippen molar-refractivity contribution >= 4 is 21.8 Å². The van der Waals surface area contributed by atoms with E-state index in [4.69, 9.17) is 11.6 Å². The molecule has 0 aromatic heterocycles. The van der Waals surface area contributed by atoms with Crippen LogP contribution < -0.4 is 0 Å². The van der Waals surface area contributed by atoms with E-state index in [-0.39, 0.29) is 0 Å². The van der Waals surface area contributed by atoms with E-state index in [1.165, 1.54) is 8.61 Å². The Bertz CT molecular complexity index is 468. The Kier molecular flexibility index (Phi) is 3.21. The third kappa shape index (κ3) is 2.55. The number of hydrogen-bond donors (Lipinski definition) is 0. The van der Waals surface area contributed by atoms with Gasteiger partial charge in [-0.25, -0.2) is 0 Å². The largest absolute Gasteiger partial charge is 0.282 e. The van der Waals surface area contributed by atoms with E-state index in [9.17, 15) is 8.42 Å². The van der Waals surface area contributed by atoms with Gasteiger partial charge in [0.25, 0.3) is 10.2 Å². The van der Waals surface area contributed by atoms with Crippen molar-refractivity contribution in [3.8, 4) is 0 Å². The standard InChI is InChI=1S/C10H13ClN2O2S/c1-12(16(14,15)13-6-7-13)8-9-2-4-10(11)5-3-9/h2-5H,6-8H2,1H3. The Balaban J connectivity index is 2.07. The highest BCUT2D eigenvalue weighted by Crippen LogP contribution is 2.18. The third-order valence-corrected chi connectivity index (χ3v) is 4.63. The van der Waals surface area contributed by atoms with Crippen LogP contribution in [0.2, 0.25) is 5.02 Å². The summed E-state index contributed by atoms with van der Waals surface area (Å²) >= 11 is 5.76. The zero-order valence-electron chi connectivity index (χ0n) is 8.93. The Hall–Kier alpha value is -0.620. The minimum atomic E-state index is -3.24. The van der Waals surface area contributed by atoms with Gasteiger partial charge in [-0.05, 0) is 17.7 Å². The number of nitrogens with zero attached hydrogens (tertiary/aromatic N) is 2. The van der Waals surface area contributed by atoms with Crippen LogP contribution in [0.5, 0.6) is 0 Å². The van der Waals surface area contributed by atoms with Gasteiger partial charge >= 0.3 is 0 Å². The van der Waals surface area contributed by atoms with E-state index in [0.29, 0.717) is 24.7 Å². The maximum atomic E-state index is 11.8. The number of benzene rings is 1. The topological polar surface area (TPSA) is 40.4 Å². The van der Waals surface area contributed by atoms with E-state index in [0.717, 1.165) is 5.56 Å². The summed E-state index contributed by atoms with van der Waals surface area (Å²) < 4.78 is 26.4. The van der Waals surface area contributed by atoms with Gasteiger partial charge in [0.05, 0.1) is 0 Å². The summed E-state index contributed by atoms with van der Waals surface area (Å²) in [7, 11) is -1.65. The fraction of sp³-hybridized carbons (Fsp3) is 0.400. The molecule has 16 heavy (non-hydrogen) atoms. The van der Waals surface area contributed by atoms with Crippen LogP contribution in [0.3, 0.4) is 0 Å². The molecule has 0 radical (unpaired) electrons. The highest BCUT2D eigenvalue weighted by Gasteiger charge is 2.34. The van der Waals surface area contributed by atoms with E-state index < -0.39 is 10.2 Å². The second-order valence-electron chi connectivity index (χ2n) is 3.79. The van der Waals surface area contributed by atoms with Gasteiger partial charge in [-0.15, -0.1) is 0 Å². The first-order valence-corrected chi connectivity index (χ1v) is 6.73. The monoisotopic (exact) mass is 260 g/mol. The minimum Gasteiger partial charge on any atom is -0.195 e. The second-order valence-corrected chi connectivity index (χ2v) is 6.26. The summed E-state index contributed by atoms with van der Waals surface area (Å²) in [6.45, 7) is 1.64. The van der Waals surface area contributed by atoms with Gasteiger partial charge in [-0.2, -0.15) is 17.0 Å². The lowest BCUT2D eigenvalue weighted by Crippen LogP contribution is -2.31. The first-order chi connectivity index (χ1) is 7.50. The summed E-state index contributed by atoms with van der Waals surface area (Å²) in [5.41, 5.74) is 0.928. The highest BCUT2D eigenvalue weighted by molar-refractivity contribution is 7.86. The predicted molar refractivity (Wildman–Crippen MR) is 63.4 cm³/mol. The zero-order valence-corrected chi connectivity index (χ0v) is 10.5. The van der Waals surface area contributed by atoms with Crippen LogP contribution >= 0.6 is 11.6 Å². The molecule has 1 aromatic rings. The van der Waals surface area contributed by atoms with Crippen molar-refractivity contribution in [2.24, 2.45) is 0 Å². The Labute approximate surface area is 101 Å². The van der Waals surface area contributed by atoms with Gasteiger partial charge in [0.15, 0.2) is 0 Å². The highest BCUT2D eigenvalue weighted by atomic mass is 35.5. The number of hydrogen-bond acceptors (Lipinski definition) is 2. The molecule has 1 aliphatic rings. The lowest BCUT2D eigenvalue weighted by atomic mass is 10.2. The molecule has 0 N–H and O–H groups in total. The number of rotatable bonds is 4. The van der Waals surface area contributed by atoms with Gasteiger partial charge in [-0.1, -0.05) is 23.7 Å². The Morgan fingerprint density at radius 1 is 1.31 bits per heavy atom. The maximum absolute atomic E-state index is 11.8. The zero-order chi connectivity index (χ0) is 11.8. The van der Waals surface area contributed by atoms with Gasteiger partial charge in [0, 0.05) is 31.7 Å². The van der Waals surface area contributed by atoms with Crippen LogP contribution in [0, 0.1) is 0 Å². The molecular formula is C10H13ClN2O2S. The SMILES string of the molecule is CN(Cc1ccc(Cl)cc1)S(=O)(=O)N1CC1. The maximum Gasteiger partial charge on any atom is 0.282 e. The lowest BCUT2D eigenvalue weighted by molar-refractivity contribution is 0.439. The van der Waals surface area contributed by atoms with Gasteiger partial charge < -0.3 is 0 Å². The average molecular weight is 261 g/mol. The minimum absolute atomic E-state index is 0.371. The summed E-state index contributed by atoms with van der Waals surface area (Å²) in [5, 5.41) is 0.653. The summed E-state index contributed by atoms with van der Waals surface area (Å²) in [4.78, 5) is 0. The molecule has 1 fully saturated rings. The van der Waals surface area contributed by atoms with E-state index in [1.807, 2.05) is 12.1 Å². The third-order valence-electron chi connectivity index (χ3n) is 2.44. The summed E-state index contributed by atoms with van der Waals surface area (Å²) in [5.74, 6) is 0. The molecule has 1 saturated heterocycles. The Morgan fingerprint density at radius 2 is 1.88 bits per heavy atom. The van der Waals surface area contributed by atoms with Gasteiger partial charge in [0.2, 0.25) is 0 Å². The van der Waals surface area contributed by atoms with Crippen LogP contribution in [0.4, 0.5) is 0 Å². The van der Waals surface area contributed by atoms with Crippen molar-refractivity contribution in [2.45, 2.75) is 6.54 Å². The quantitative estimate of drug-likeness (QED) is 0.767. The molecule has 1 aliphatic heterocycles. The molecule has 88 valence electrons. The molecule has 0 unspecified atom stereocenters. The molecule has 4 nitrogen and oxygen atoms in total. The molecule has 0 aliphatic carbocycles. The molecule has 1 aromatic carbocycles. The van der Waals surface area contributed by atoms with Gasteiger partial charge in [-0.3, -0.25) is 0 Å². The molecule has 6 heteroatoms. The van der Waals surface area contributed by atoms with Crippen LogP contribution in [-0.4, -0.2) is 37.2 Å². The summed E-state index contributed by atoms with van der Waals surface area (Å²) in [6, 6.07) is 7.18. The van der Waals surface area contributed by atoms with E-state index in [1.54, 1.807) is 19.2 Å². The molecule has 0 atom stereocenters. The second kappa shape index (κ2) is 4.33. The van der Waals surface area contributed by atoms with E-state index >= 15 is 0 Å². The van der Waals surface area contributed by atoms with Crippen molar-refractivity contribution in [3.05, 3.63) is 34.9 Å². The molecular weight excluding hydrogens is 248 g/mol. The van der Waals surface area contributed by atoms with Crippen LogP contribution in [0.25, 0.3) is 0 Å². The van der Waals surface area contributed by atoms with Crippen LogP contribution in [-0.2, 0) is 16.8 Å². The van der Waals surface area contributed by atoms with Crippen molar-refractivity contribution < 1.29 is 8.42 Å². The number of halogens is 1. The van der Waals surface area contributed by atoms with Crippen molar-refractivity contribution in [3.63, 3.8) is 0 Å².